The Morgan fingerprint density at radius 1 is 1.44 bits per heavy atom. The van der Waals surface area contributed by atoms with Crippen molar-refractivity contribution in [2.45, 2.75) is 19.4 Å². The molecule has 0 bridgehead atoms. The number of esters is 1. The topological polar surface area (TPSA) is 85.7 Å². The van der Waals surface area contributed by atoms with E-state index < -0.39 is 11.9 Å². The van der Waals surface area contributed by atoms with Crippen LogP contribution in [0.15, 0.2) is 18.3 Å². The lowest BCUT2D eigenvalue weighted by Crippen LogP contribution is -2.13. The maximum Gasteiger partial charge on any atom is 0.354 e. The van der Waals surface area contributed by atoms with Crippen molar-refractivity contribution >= 4 is 11.9 Å². The molecular formula is C12H15NO5. The minimum absolute atomic E-state index is 0.0188. The van der Waals surface area contributed by atoms with Crippen LogP contribution in [0.5, 0.6) is 0 Å². The minimum Gasteiger partial charge on any atom is -0.477 e. The molecule has 1 rings (SSSR count). The summed E-state index contributed by atoms with van der Waals surface area (Å²) in [4.78, 5) is 25.7. The molecule has 1 atom stereocenters. The van der Waals surface area contributed by atoms with Gasteiger partial charge in [-0.05, 0) is 19.1 Å². The molecule has 6 heteroatoms. The molecule has 1 aromatic rings. The van der Waals surface area contributed by atoms with E-state index in [0.29, 0.717) is 6.42 Å². The van der Waals surface area contributed by atoms with Gasteiger partial charge >= 0.3 is 11.9 Å². The van der Waals surface area contributed by atoms with Crippen molar-refractivity contribution in [3.8, 4) is 0 Å². The molecule has 1 aromatic heterocycles. The summed E-state index contributed by atoms with van der Waals surface area (Å²) in [5.41, 5.74) is 0.115. The summed E-state index contributed by atoms with van der Waals surface area (Å²) in [5.74, 6) is -1.66. The summed E-state index contributed by atoms with van der Waals surface area (Å²) in [5, 5.41) is 8.65. The van der Waals surface area contributed by atoms with Gasteiger partial charge in [0.05, 0.1) is 18.3 Å². The van der Waals surface area contributed by atoms with Gasteiger partial charge in [-0.3, -0.25) is 0 Å². The number of hydrogen-bond donors (Lipinski definition) is 1. The van der Waals surface area contributed by atoms with Gasteiger partial charge in [0.2, 0.25) is 0 Å². The molecule has 0 radical (unpaired) electrons. The molecule has 0 saturated carbocycles. The van der Waals surface area contributed by atoms with Crippen LogP contribution in [-0.2, 0) is 9.47 Å². The predicted octanol–water partition coefficient (Wildman–Crippen LogP) is 1.36. The first-order valence-corrected chi connectivity index (χ1v) is 5.44. The molecule has 0 aliphatic rings. The quantitative estimate of drug-likeness (QED) is 0.770. The Kier molecular flexibility index (Phi) is 5.26. The molecule has 98 valence electrons. The second-order valence-corrected chi connectivity index (χ2v) is 3.71. The first-order valence-electron chi connectivity index (χ1n) is 5.44. The maximum atomic E-state index is 11.5. The van der Waals surface area contributed by atoms with E-state index in [1.807, 2.05) is 6.92 Å². The third kappa shape index (κ3) is 4.14. The first kappa shape index (κ1) is 14.1. The van der Waals surface area contributed by atoms with Crippen molar-refractivity contribution in [1.82, 2.24) is 4.98 Å². The second-order valence-electron chi connectivity index (χ2n) is 3.71. The van der Waals surface area contributed by atoms with Gasteiger partial charge in [0.1, 0.15) is 5.69 Å². The molecule has 1 heterocycles. The number of methoxy groups -OCH3 is 1. The van der Waals surface area contributed by atoms with Gasteiger partial charge in [-0.2, -0.15) is 0 Å². The fraction of sp³-hybridized carbons (Fsp3) is 0.417. The lowest BCUT2D eigenvalue weighted by atomic mass is 10.2. The van der Waals surface area contributed by atoms with E-state index in [9.17, 15) is 9.59 Å². The number of carbonyl (C=O) groups excluding carboxylic acids is 1. The highest BCUT2D eigenvalue weighted by Crippen LogP contribution is 2.04. The van der Waals surface area contributed by atoms with Gasteiger partial charge in [0, 0.05) is 19.7 Å². The standard InChI is InChI=1S/C12H15NO5/c1-8(17-2)5-6-18-12(16)9-3-4-10(11(14)15)13-7-9/h3-4,7-8H,5-6H2,1-2H3,(H,14,15). The molecule has 0 fully saturated rings. The highest BCUT2D eigenvalue weighted by Gasteiger charge is 2.10. The van der Waals surface area contributed by atoms with Crippen LogP contribution in [-0.4, -0.2) is 41.8 Å². The zero-order valence-electron chi connectivity index (χ0n) is 10.3. The molecule has 0 aromatic carbocycles. The number of aromatic nitrogens is 1. The monoisotopic (exact) mass is 253 g/mol. The third-order valence-corrected chi connectivity index (χ3v) is 2.38. The Morgan fingerprint density at radius 3 is 2.67 bits per heavy atom. The van der Waals surface area contributed by atoms with Crippen LogP contribution in [0.2, 0.25) is 0 Å². The lowest BCUT2D eigenvalue weighted by Gasteiger charge is -2.09. The Labute approximate surface area is 105 Å². The zero-order chi connectivity index (χ0) is 13.5. The van der Waals surface area contributed by atoms with Gasteiger partial charge in [-0.25, -0.2) is 14.6 Å². The number of carboxylic acid groups (broad SMARTS) is 1. The van der Waals surface area contributed by atoms with Crippen molar-refractivity contribution in [3.05, 3.63) is 29.6 Å². The molecule has 18 heavy (non-hydrogen) atoms. The summed E-state index contributed by atoms with van der Waals surface area (Å²) in [7, 11) is 1.58. The van der Waals surface area contributed by atoms with E-state index in [1.165, 1.54) is 18.3 Å². The average molecular weight is 253 g/mol. The largest absolute Gasteiger partial charge is 0.477 e. The average Bonchev–Trinajstić information content (AvgIpc) is 2.38. The molecule has 0 aliphatic heterocycles. The molecule has 1 unspecified atom stereocenters. The van der Waals surface area contributed by atoms with Crippen LogP contribution in [0.4, 0.5) is 0 Å². The number of carboxylic acids is 1. The number of nitrogens with zero attached hydrogens (tertiary/aromatic N) is 1. The highest BCUT2D eigenvalue weighted by molar-refractivity contribution is 5.90. The lowest BCUT2D eigenvalue weighted by molar-refractivity contribution is 0.0389. The van der Waals surface area contributed by atoms with Crippen LogP contribution in [0.1, 0.15) is 34.2 Å². The van der Waals surface area contributed by atoms with Crippen molar-refractivity contribution in [2.75, 3.05) is 13.7 Å². The van der Waals surface area contributed by atoms with Gasteiger partial charge < -0.3 is 14.6 Å². The molecule has 1 N–H and O–H groups in total. The fourth-order valence-electron chi connectivity index (χ4n) is 1.16. The smallest absolute Gasteiger partial charge is 0.354 e. The number of carbonyl (C=O) groups is 2. The SMILES string of the molecule is COC(C)CCOC(=O)c1ccc(C(=O)O)nc1. The number of rotatable bonds is 6. The molecule has 6 nitrogen and oxygen atoms in total. The van der Waals surface area contributed by atoms with Gasteiger partial charge in [-0.1, -0.05) is 0 Å². The number of pyridine rings is 1. The second kappa shape index (κ2) is 6.70. The summed E-state index contributed by atoms with van der Waals surface area (Å²) >= 11 is 0. The summed E-state index contributed by atoms with van der Waals surface area (Å²) < 4.78 is 10.0. The molecule has 0 spiro atoms. The van der Waals surface area contributed by atoms with E-state index >= 15 is 0 Å². The number of aromatic carboxylic acids is 1. The van der Waals surface area contributed by atoms with E-state index in [4.69, 9.17) is 14.6 Å². The molecule has 0 amide bonds. The molecule has 0 saturated heterocycles. The fourth-order valence-corrected chi connectivity index (χ4v) is 1.16. The number of hydrogen-bond acceptors (Lipinski definition) is 5. The highest BCUT2D eigenvalue weighted by atomic mass is 16.5. The van der Waals surface area contributed by atoms with Crippen LogP contribution in [0, 0.1) is 0 Å². The molecular weight excluding hydrogens is 238 g/mol. The van der Waals surface area contributed by atoms with Crippen LogP contribution in [0.25, 0.3) is 0 Å². The Morgan fingerprint density at radius 2 is 2.17 bits per heavy atom. The van der Waals surface area contributed by atoms with Gasteiger partial charge in [0.25, 0.3) is 0 Å². The third-order valence-electron chi connectivity index (χ3n) is 2.38. The zero-order valence-corrected chi connectivity index (χ0v) is 10.3. The van der Waals surface area contributed by atoms with Crippen molar-refractivity contribution < 1.29 is 24.2 Å². The predicted molar refractivity (Wildman–Crippen MR) is 62.6 cm³/mol. The van der Waals surface area contributed by atoms with Crippen molar-refractivity contribution in [2.24, 2.45) is 0 Å². The van der Waals surface area contributed by atoms with Gasteiger partial charge in [0.15, 0.2) is 0 Å². The minimum atomic E-state index is -1.14. The Balaban J connectivity index is 2.49. The van der Waals surface area contributed by atoms with Crippen molar-refractivity contribution in [3.63, 3.8) is 0 Å². The first-order chi connectivity index (χ1) is 8.54. The van der Waals surface area contributed by atoms with Crippen LogP contribution in [0.3, 0.4) is 0 Å². The van der Waals surface area contributed by atoms with Crippen LogP contribution >= 0.6 is 0 Å². The summed E-state index contributed by atoms with van der Waals surface area (Å²) in [6.45, 7) is 2.12. The Hall–Kier alpha value is -1.95. The normalized spacial score (nSPS) is 11.9. The number of ether oxygens (including phenoxy) is 2. The van der Waals surface area contributed by atoms with Crippen molar-refractivity contribution in [1.29, 1.82) is 0 Å². The molecule has 0 aliphatic carbocycles. The van der Waals surface area contributed by atoms with E-state index in [2.05, 4.69) is 4.98 Å². The van der Waals surface area contributed by atoms with E-state index in [1.54, 1.807) is 7.11 Å². The Bertz CT molecular complexity index is 415. The van der Waals surface area contributed by atoms with E-state index in [0.717, 1.165) is 0 Å². The maximum absolute atomic E-state index is 11.5. The summed E-state index contributed by atoms with van der Waals surface area (Å²) in [6, 6.07) is 2.63. The van der Waals surface area contributed by atoms with E-state index in [-0.39, 0.29) is 24.0 Å². The van der Waals surface area contributed by atoms with Gasteiger partial charge in [-0.15, -0.1) is 0 Å². The summed E-state index contributed by atoms with van der Waals surface area (Å²) in [6.07, 6.45) is 1.80. The van der Waals surface area contributed by atoms with Crippen LogP contribution < -0.4 is 0 Å².